The first-order valence-electron chi connectivity index (χ1n) is 6.72. The van der Waals surface area contributed by atoms with Crippen molar-refractivity contribution >= 4 is 10.0 Å². The van der Waals surface area contributed by atoms with Crippen LogP contribution in [0.1, 0.15) is 39.0 Å². The van der Waals surface area contributed by atoms with E-state index in [2.05, 4.69) is 16.6 Å². The third kappa shape index (κ3) is 3.45. The zero-order valence-corrected chi connectivity index (χ0v) is 11.9. The molecule has 0 bridgehead atoms. The topological polar surface area (TPSA) is 79.0 Å². The van der Waals surface area contributed by atoms with E-state index in [4.69, 9.17) is 0 Å². The van der Waals surface area contributed by atoms with E-state index in [0.29, 0.717) is 5.92 Å². The summed E-state index contributed by atoms with van der Waals surface area (Å²) in [7, 11) is -3.72. The molecule has 2 N–H and O–H groups in total. The molecular formula is C13H20N2O3S. The van der Waals surface area contributed by atoms with E-state index in [1.54, 1.807) is 0 Å². The number of sulfonamides is 1. The number of hydrogen-bond donors (Lipinski definition) is 2. The molecule has 1 fully saturated rings. The second-order valence-corrected chi connectivity index (χ2v) is 6.81. The maximum absolute atomic E-state index is 12.2. The second kappa shape index (κ2) is 5.88. The summed E-state index contributed by atoms with van der Waals surface area (Å²) in [5.41, 5.74) is -0.478. The Bertz CT molecular complexity index is 580. The Morgan fingerprint density at radius 3 is 2.89 bits per heavy atom. The van der Waals surface area contributed by atoms with E-state index in [1.165, 1.54) is 24.9 Å². The van der Waals surface area contributed by atoms with Gasteiger partial charge in [0, 0.05) is 24.5 Å². The molecule has 5 nitrogen and oxygen atoms in total. The van der Waals surface area contributed by atoms with Crippen molar-refractivity contribution in [2.75, 3.05) is 0 Å². The fourth-order valence-electron chi connectivity index (χ4n) is 2.66. The Morgan fingerprint density at radius 2 is 2.21 bits per heavy atom. The van der Waals surface area contributed by atoms with Crippen molar-refractivity contribution < 1.29 is 8.42 Å². The zero-order valence-electron chi connectivity index (χ0n) is 11.1. The van der Waals surface area contributed by atoms with Crippen LogP contribution in [0, 0.1) is 5.92 Å². The Labute approximate surface area is 113 Å². The predicted octanol–water partition coefficient (Wildman–Crippen LogP) is 1.62. The van der Waals surface area contributed by atoms with Crippen LogP contribution in [-0.4, -0.2) is 19.4 Å². The SMILES string of the molecule is CCC1CCCC(NS(=O)(=O)c2c[nH]ccc2=O)C1. The van der Waals surface area contributed by atoms with Crippen LogP contribution in [0.2, 0.25) is 0 Å². The monoisotopic (exact) mass is 284 g/mol. The number of nitrogens with one attached hydrogen (secondary N) is 2. The van der Waals surface area contributed by atoms with Gasteiger partial charge in [0.1, 0.15) is 4.90 Å². The van der Waals surface area contributed by atoms with Crippen molar-refractivity contribution in [3.63, 3.8) is 0 Å². The number of pyridine rings is 1. The van der Waals surface area contributed by atoms with Gasteiger partial charge in [0.05, 0.1) is 0 Å². The first kappa shape index (κ1) is 14.3. The highest BCUT2D eigenvalue weighted by molar-refractivity contribution is 7.89. The van der Waals surface area contributed by atoms with Crippen LogP contribution < -0.4 is 10.2 Å². The first-order chi connectivity index (χ1) is 9.03. The van der Waals surface area contributed by atoms with Crippen molar-refractivity contribution in [1.29, 1.82) is 0 Å². The summed E-state index contributed by atoms with van der Waals surface area (Å²) in [5, 5.41) is 0. The van der Waals surface area contributed by atoms with Gasteiger partial charge in [-0.1, -0.05) is 26.2 Å². The summed E-state index contributed by atoms with van der Waals surface area (Å²) in [5.74, 6) is 0.579. The van der Waals surface area contributed by atoms with Crippen LogP contribution in [0.25, 0.3) is 0 Å². The molecule has 6 heteroatoms. The fourth-order valence-corrected chi connectivity index (χ4v) is 4.00. The minimum Gasteiger partial charge on any atom is -0.366 e. The van der Waals surface area contributed by atoms with Crippen LogP contribution in [-0.2, 0) is 10.0 Å². The van der Waals surface area contributed by atoms with Crippen LogP contribution >= 0.6 is 0 Å². The summed E-state index contributed by atoms with van der Waals surface area (Å²) in [4.78, 5) is 14.0. The number of aromatic amines is 1. The smallest absolute Gasteiger partial charge is 0.246 e. The van der Waals surface area contributed by atoms with Crippen molar-refractivity contribution in [2.45, 2.75) is 50.0 Å². The molecule has 1 aliphatic carbocycles. The summed E-state index contributed by atoms with van der Waals surface area (Å²) < 4.78 is 27.0. The average Bonchev–Trinajstić information content (AvgIpc) is 2.38. The molecule has 1 saturated carbocycles. The summed E-state index contributed by atoms with van der Waals surface area (Å²) >= 11 is 0. The van der Waals surface area contributed by atoms with Crippen LogP contribution in [0.15, 0.2) is 28.2 Å². The molecule has 0 spiro atoms. The summed E-state index contributed by atoms with van der Waals surface area (Å²) in [6.45, 7) is 2.13. The molecule has 0 aliphatic heterocycles. The van der Waals surface area contributed by atoms with Gasteiger partial charge in [-0.05, 0) is 18.8 Å². The van der Waals surface area contributed by atoms with Crippen molar-refractivity contribution in [3.05, 3.63) is 28.7 Å². The molecule has 106 valence electrons. The van der Waals surface area contributed by atoms with Crippen LogP contribution in [0.4, 0.5) is 0 Å². The Morgan fingerprint density at radius 1 is 1.42 bits per heavy atom. The fraction of sp³-hybridized carbons (Fsp3) is 0.615. The number of hydrogen-bond acceptors (Lipinski definition) is 3. The molecule has 2 rings (SSSR count). The predicted molar refractivity (Wildman–Crippen MR) is 73.4 cm³/mol. The highest BCUT2D eigenvalue weighted by Gasteiger charge is 2.26. The van der Waals surface area contributed by atoms with Crippen molar-refractivity contribution in [2.24, 2.45) is 5.92 Å². The average molecular weight is 284 g/mol. The molecule has 0 saturated heterocycles. The van der Waals surface area contributed by atoms with Crippen molar-refractivity contribution in [1.82, 2.24) is 9.71 Å². The third-order valence-corrected chi connectivity index (χ3v) is 5.30. The maximum Gasteiger partial charge on any atom is 0.246 e. The van der Waals surface area contributed by atoms with E-state index in [0.717, 1.165) is 25.7 Å². The van der Waals surface area contributed by atoms with Crippen LogP contribution in [0.5, 0.6) is 0 Å². The minimum absolute atomic E-state index is 0.0525. The van der Waals surface area contributed by atoms with Gasteiger partial charge in [0.15, 0.2) is 0 Å². The lowest BCUT2D eigenvalue weighted by Crippen LogP contribution is -2.39. The van der Waals surface area contributed by atoms with Crippen molar-refractivity contribution in [3.8, 4) is 0 Å². The molecule has 1 heterocycles. The molecule has 19 heavy (non-hydrogen) atoms. The van der Waals surface area contributed by atoms with E-state index < -0.39 is 15.5 Å². The van der Waals surface area contributed by atoms with Gasteiger partial charge in [-0.25, -0.2) is 13.1 Å². The molecule has 2 atom stereocenters. The van der Waals surface area contributed by atoms with Gasteiger partial charge in [0.2, 0.25) is 15.5 Å². The molecule has 2 unspecified atom stereocenters. The summed E-state index contributed by atoms with van der Waals surface area (Å²) in [6.07, 6.45) is 7.66. The largest absolute Gasteiger partial charge is 0.366 e. The van der Waals surface area contributed by atoms with Gasteiger partial charge in [0.25, 0.3) is 0 Å². The standard InChI is InChI=1S/C13H20N2O3S/c1-2-10-4-3-5-11(8-10)15-19(17,18)13-9-14-7-6-12(13)16/h6-7,9-11,15H,2-5,8H2,1H3,(H,14,16). The van der Waals surface area contributed by atoms with Gasteiger partial charge in [-0.2, -0.15) is 0 Å². The zero-order chi connectivity index (χ0) is 13.9. The molecule has 1 aromatic heterocycles. The molecule has 0 amide bonds. The molecule has 1 aliphatic rings. The van der Waals surface area contributed by atoms with E-state index in [-0.39, 0.29) is 10.9 Å². The van der Waals surface area contributed by atoms with Gasteiger partial charge >= 0.3 is 0 Å². The molecular weight excluding hydrogens is 264 g/mol. The quantitative estimate of drug-likeness (QED) is 0.882. The third-order valence-electron chi connectivity index (χ3n) is 3.76. The van der Waals surface area contributed by atoms with E-state index in [9.17, 15) is 13.2 Å². The molecule has 0 radical (unpaired) electrons. The molecule has 0 aromatic carbocycles. The lowest BCUT2D eigenvalue weighted by molar-refractivity contribution is 0.301. The Kier molecular flexibility index (Phi) is 4.42. The molecule has 1 aromatic rings. The van der Waals surface area contributed by atoms with Gasteiger partial charge < -0.3 is 4.98 Å². The van der Waals surface area contributed by atoms with Gasteiger partial charge in [-0.15, -0.1) is 0 Å². The number of H-pyrrole nitrogens is 1. The minimum atomic E-state index is -3.72. The second-order valence-electron chi connectivity index (χ2n) is 5.13. The highest BCUT2D eigenvalue weighted by atomic mass is 32.2. The normalized spacial score (nSPS) is 24.3. The highest BCUT2D eigenvalue weighted by Crippen LogP contribution is 2.27. The lowest BCUT2D eigenvalue weighted by atomic mass is 9.85. The Hall–Kier alpha value is -1.14. The number of rotatable bonds is 4. The summed E-state index contributed by atoms with van der Waals surface area (Å²) in [6, 6.07) is 1.17. The van der Waals surface area contributed by atoms with E-state index >= 15 is 0 Å². The maximum atomic E-state index is 12.2. The Balaban J connectivity index is 2.14. The van der Waals surface area contributed by atoms with Crippen LogP contribution in [0.3, 0.4) is 0 Å². The van der Waals surface area contributed by atoms with Gasteiger partial charge in [-0.3, -0.25) is 4.79 Å². The van der Waals surface area contributed by atoms with E-state index in [1.807, 2.05) is 0 Å². The first-order valence-corrected chi connectivity index (χ1v) is 8.20. The lowest BCUT2D eigenvalue weighted by Gasteiger charge is -2.28. The number of aromatic nitrogens is 1.